The van der Waals surface area contributed by atoms with Crippen molar-refractivity contribution < 1.29 is 8.42 Å². The smallest absolute Gasteiger partial charge is 0.223 e. The van der Waals surface area contributed by atoms with Gasteiger partial charge in [-0.1, -0.05) is 19.1 Å². The van der Waals surface area contributed by atoms with E-state index in [1.54, 1.807) is 4.31 Å². The number of nitrogens with zero attached hydrogens (tertiary/aromatic N) is 1. The van der Waals surface area contributed by atoms with E-state index in [1.807, 2.05) is 6.92 Å². The first-order chi connectivity index (χ1) is 8.45. The van der Waals surface area contributed by atoms with Gasteiger partial charge in [0.05, 0.1) is 4.99 Å². The topological polar surface area (TPSA) is 63.4 Å². The highest BCUT2D eigenvalue weighted by Crippen LogP contribution is 2.35. The summed E-state index contributed by atoms with van der Waals surface area (Å²) in [5, 5.41) is -0.690. The Labute approximate surface area is 115 Å². The van der Waals surface area contributed by atoms with E-state index in [4.69, 9.17) is 18.0 Å². The van der Waals surface area contributed by atoms with Gasteiger partial charge in [0.25, 0.3) is 0 Å². The van der Waals surface area contributed by atoms with Crippen LogP contribution < -0.4 is 5.73 Å². The van der Waals surface area contributed by atoms with E-state index < -0.39 is 15.3 Å². The van der Waals surface area contributed by atoms with Crippen molar-refractivity contribution in [1.29, 1.82) is 0 Å². The number of sulfonamides is 1. The van der Waals surface area contributed by atoms with Gasteiger partial charge < -0.3 is 5.73 Å². The van der Waals surface area contributed by atoms with Gasteiger partial charge in [-0.3, -0.25) is 0 Å². The van der Waals surface area contributed by atoms with Crippen LogP contribution in [0.25, 0.3) is 0 Å². The summed E-state index contributed by atoms with van der Waals surface area (Å²) in [7, 11) is -3.36. The lowest BCUT2D eigenvalue weighted by molar-refractivity contribution is 0.379. The zero-order valence-corrected chi connectivity index (χ0v) is 12.5. The molecular formula is C12H22N2O2S2. The lowest BCUT2D eigenvalue weighted by Crippen LogP contribution is -2.45. The van der Waals surface area contributed by atoms with E-state index in [0.29, 0.717) is 31.3 Å². The fraction of sp³-hybridized carbons (Fsp3) is 0.917. The van der Waals surface area contributed by atoms with Crippen LogP contribution in [-0.4, -0.2) is 36.1 Å². The van der Waals surface area contributed by atoms with Crippen LogP contribution >= 0.6 is 12.2 Å². The third kappa shape index (κ3) is 3.42. The molecule has 0 bridgehead atoms. The molecule has 0 saturated heterocycles. The Morgan fingerprint density at radius 1 is 1.28 bits per heavy atom. The van der Waals surface area contributed by atoms with Crippen molar-refractivity contribution in [3.63, 3.8) is 0 Å². The third-order valence-electron chi connectivity index (χ3n) is 3.73. The average molecular weight is 290 g/mol. The van der Waals surface area contributed by atoms with Gasteiger partial charge in [-0.15, -0.1) is 0 Å². The predicted molar refractivity (Wildman–Crippen MR) is 76.8 cm³/mol. The second-order valence-corrected chi connectivity index (χ2v) is 8.13. The van der Waals surface area contributed by atoms with E-state index in [2.05, 4.69) is 0 Å². The highest BCUT2D eigenvalue weighted by atomic mass is 32.2. The maximum atomic E-state index is 12.6. The Bertz CT molecular complexity index is 400. The minimum absolute atomic E-state index is 0.106. The van der Waals surface area contributed by atoms with Crippen molar-refractivity contribution in [1.82, 2.24) is 4.31 Å². The van der Waals surface area contributed by atoms with Gasteiger partial charge in [-0.2, -0.15) is 0 Å². The summed E-state index contributed by atoms with van der Waals surface area (Å²) < 4.78 is 26.8. The van der Waals surface area contributed by atoms with Crippen molar-refractivity contribution in [2.45, 2.75) is 44.3 Å². The second-order valence-electron chi connectivity index (χ2n) is 5.55. The molecule has 0 aliphatic heterocycles. The summed E-state index contributed by atoms with van der Waals surface area (Å²) in [5.74, 6) is 1.12. The first kappa shape index (κ1) is 14.2. The fourth-order valence-corrected chi connectivity index (χ4v) is 4.64. The van der Waals surface area contributed by atoms with Gasteiger partial charge in [0.2, 0.25) is 10.0 Å². The fourth-order valence-electron chi connectivity index (χ4n) is 2.20. The summed E-state index contributed by atoms with van der Waals surface area (Å²) in [6, 6.07) is 0. The zero-order chi connectivity index (χ0) is 13.3. The van der Waals surface area contributed by atoms with Crippen LogP contribution in [0, 0.1) is 11.8 Å². The first-order valence-electron chi connectivity index (χ1n) is 6.73. The van der Waals surface area contributed by atoms with Crippen molar-refractivity contribution in [2.75, 3.05) is 13.1 Å². The maximum absolute atomic E-state index is 12.6. The van der Waals surface area contributed by atoms with Crippen LogP contribution in [0.5, 0.6) is 0 Å². The van der Waals surface area contributed by atoms with Crippen LogP contribution in [0.3, 0.4) is 0 Å². The van der Waals surface area contributed by atoms with E-state index in [1.165, 1.54) is 0 Å². The highest BCUT2D eigenvalue weighted by Gasteiger charge is 2.39. The lowest BCUT2D eigenvalue weighted by Gasteiger charge is -2.26. The summed E-state index contributed by atoms with van der Waals surface area (Å²) >= 11 is 4.91. The molecule has 6 heteroatoms. The molecule has 104 valence electrons. The van der Waals surface area contributed by atoms with Gasteiger partial charge in [0, 0.05) is 13.1 Å². The molecule has 2 N–H and O–H groups in total. The van der Waals surface area contributed by atoms with Crippen molar-refractivity contribution in [3.05, 3.63) is 0 Å². The Balaban J connectivity index is 2.11. The molecular weight excluding hydrogens is 268 g/mol. The number of nitrogens with two attached hydrogens (primary N) is 1. The molecule has 0 amide bonds. The van der Waals surface area contributed by atoms with E-state index >= 15 is 0 Å². The van der Waals surface area contributed by atoms with Crippen LogP contribution in [0.1, 0.15) is 39.0 Å². The predicted octanol–water partition coefficient (Wildman–Crippen LogP) is 1.50. The minimum atomic E-state index is -3.36. The highest BCUT2D eigenvalue weighted by molar-refractivity contribution is 7.92. The molecule has 18 heavy (non-hydrogen) atoms. The minimum Gasteiger partial charge on any atom is -0.392 e. The van der Waals surface area contributed by atoms with Crippen LogP contribution in [0.2, 0.25) is 0 Å². The van der Waals surface area contributed by atoms with Gasteiger partial charge in [-0.25, -0.2) is 12.7 Å². The van der Waals surface area contributed by atoms with Gasteiger partial charge in [0.15, 0.2) is 0 Å². The molecule has 0 heterocycles. The number of thiocarbonyl (C=S) groups is 1. The average Bonchev–Trinajstić information content (AvgIpc) is 3.10. The third-order valence-corrected chi connectivity index (χ3v) is 6.48. The van der Waals surface area contributed by atoms with E-state index in [-0.39, 0.29) is 4.99 Å². The Kier molecular flexibility index (Phi) is 4.29. The molecule has 2 fully saturated rings. The lowest BCUT2D eigenvalue weighted by atomic mass is 10.3. The Hall–Kier alpha value is -0.200. The molecule has 1 atom stereocenters. The Morgan fingerprint density at radius 2 is 1.72 bits per heavy atom. The van der Waals surface area contributed by atoms with Crippen LogP contribution in [0.15, 0.2) is 0 Å². The van der Waals surface area contributed by atoms with Gasteiger partial charge in [0.1, 0.15) is 5.25 Å². The number of hydrogen-bond acceptors (Lipinski definition) is 3. The molecule has 1 unspecified atom stereocenters. The summed E-state index contributed by atoms with van der Waals surface area (Å²) in [6.07, 6.45) is 5.08. The second kappa shape index (κ2) is 5.43. The molecule has 0 aromatic carbocycles. The van der Waals surface area contributed by atoms with Gasteiger partial charge >= 0.3 is 0 Å². The summed E-state index contributed by atoms with van der Waals surface area (Å²) in [5.41, 5.74) is 5.59. The molecule has 4 nitrogen and oxygen atoms in total. The van der Waals surface area contributed by atoms with Crippen molar-refractivity contribution in [2.24, 2.45) is 17.6 Å². The zero-order valence-electron chi connectivity index (χ0n) is 10.8. The Morgan fingerprint density at radius 3 is 2.00 bits per heavy atom. The molecule has 0 aromatic rings. The van der Waals surface area contributed by atoms with Gasteiger partial charge in [-0.05, 0) is 43.9 Å². The molecule has 2 saturated carbocycles. The number of rotatable bonds is 8. The molecule has 0 radical (unpaired) electrons. The van der Waals surface area contributed by atoms with Crippen LogP contribution in [-0.2, 0) is 10.0 Å². The first-order valence-corrected chi connectivity index (χ1v) is 8.64. The maximum Gasteiger partial charge on any atom is 0.223 e. The standard InChI is InChI=1S/C12H22N2O2S2/c1-2-11(12(13)17)18(15,16)14(7-9-3-4-9)8-10-5-6-10/h9-11H,2-8H2,1H3,(H2,13,17). The quantitative estimate of drug-likeness (QED) is 0.688. The van der Waals surface area contributed by atoms with Crippen molar-refractivity contribution >= 4 is 27.2 Å². The molecule has 2 aliphatic carbocycles. The van der Waals surface area contributed by atoms with E-state index in [9.17, 15) is 8.42 Å². The van der Waals surface area contributed by atoms with E-state index in [0.717, 1.165) is 25.7 Å². The molecule has 0 spiro atoms. The largest absolute Gasteiger partial charge is 0.392 e. The monoisotopic (exact) mass is 290 g/mol. The van der Waals surface area contributed by atoms with Crippen LogP contribution in [0.4, 0.5) is 0 Å². The molecule has 2 aliphatic rings. The molecule has 0 aromatic heterocycles. The summed E-state index contributed by atoms with van der Waals surface area (Å²) in [6.45, 7) is 3.16. The molecule has 2 rings (SSSR count). The SMILES string of the molecule is CCC(C(N)=S)S(=O)(=O)N(CC1CC1)CC1CC1. The summed E-state index contributed by atoms with van der Waals surface area (Å²) in [4.78, 5) is 0.106. The normalized spacial score (nSPS) is 22.1. The number of hydrogen-bond donors (Lipinski definition) is 1. The van der Waals surface area contributed by atoms with Crippen molar-refractivity contribution in [3.8, 4) is 0 Å².